The van der Waals surface area contributed by atoms with Gasteiger partial charge in [0, 0.05) is 6.54 Å². The largest absolute Gasteiger partial charge is 0.303 e. The summed E-state index contributed by atoms with van der Waals surface area (Å²) < 4.78 is 0. The van der Waals surface area contributed by atoms with Crippen molar-refractivity contribution in [1.82, 2.24) is 10.2 Å². The molecule has 0 spiro atoms. The number of rotatable bonds is 11. The van der Waals surface area contributed by atoms with Gasteiger partial charge >= 0.3 is 0 Å². The summed E-state index contributed by atoms with van der Waals surface area (Å²) in [5.41, 5.74) is -0.358. The third-order valence-corrected chi connectivity index (χ3v) is 4.08. The molecular weight excluding hydrogens is 234 g/mol. The Hall–Kier alpha value is -0.590. The van der Waals surface area contributed by atoms with E-state index < -0.39 is 0 Å². The van der Waals surface area contributed by atoms with Crippen LogP contribution in [-0.2, 0) is 0 Å². The minimum Gasteiger partial charge on any atom is -0.303 e. The lowest BCUT2D eigenvalue weighted by Gasteiger charge is -2.27. The molecule has 0 aromatic rings. The topological polar surface area (TPSA) is 39.1 Å². The molecule has 0 rings (SSSR count). The van der Waals surface area contributed by atoms with Gasteiger partial charge in [0.05, 0.1) is 6.07 Å². The van der Waals surface area contributed by atoms with Crippen molar-refractivity contribution in [3.63, 3.8) is 0 Å². The Bertz CT molecular complexity index is 255. The van der Waals surface area contributed by atoms with Crippen molar-refractivity contribution in [2.24, 2.45) is 5.92 Å². The van der Waals surface area contributed by atoms with Gasteiger partial charge in [-0.3, -0.25) is 5.32 Å². The third kappa shape index (κ3) is 7.54. The first kappa shape index (κ1) is 18.4. The van der Waals surface area contributed by atoms with E-state index in [4.69, 9.17) is 0 Å². The van der Waals surface area contributed by atoms with Crippen LogP contribution in [0.25, 0.3) is 0 Å². The Labute approximate surface area is 120 Å². The Morgan fingerprint density at radius 1 is 1.21 bits per heavy atom. The van der Waals surface area contributed by atoms with E-state index in [9.17, 15) is 5.26 Å². The third-order valence-electron chi connectivity index (χ3n) is 4.08. The van der Waals surface area contributed by atoms with Crippen molar-refractivity contribution in [3.05, 3.63) is 0 Å². The fourth-order valence-electron chi connectivity index (χ4n) is 2.52. The van der Waals surface area contributed by atoms with Crippen molar-refractivity contribution < 1.29 is 0 Å². The summed E-state index contributed by atoms with van der Waals surface area (Å²) in [7, 11) is 0. The molecule has 0 aliphatic heterocycles. The van der Waals surface area contributed by atoms with Gasteiger partial charge in [-0.25, -0.2) is 0 Å². The zero-order valence-electron chi connectivity index (χ0n) is 13.6. The molecule has 0 saturated carbocycles. The SMILES string of the molecule is CCNC(C)(C#N)CCCN(CC)CC(CC)CC. The second-order valence-electron chi connectivity index (χ2n) is 5.65. The first-order valence-electron chi connectivity index (χ1n) is 7.93. The first-order valence-corrected chi connectivity index (χ1v) is 7.93. The first-order chi connectivity index (χ1) is 9.05. The number of nitriles is 1. The monoisotopic (exact) mass is 267 g/mol. The van der Waals surface area contributed by atoms with E-state index in [1.165, 1.54) is 19.4 Å². The Morgan fingerprint density at radius 2 is 1.84 bits per heavy atom. The molecule has 112 valence electrons. The molecular formula is C16H33N3. The highest BCUT2D eigenvalue weighted by atomic mass is 15.1. The Kier molecular flexibility index (Phi) is 9.91. The second-order valence-corrected chi connectivity index (χ2v) is 5.65. The molecule has 0 bridgehead atoms. The van der Waals surface area contributed by atoms with Gasteiger partial charge in [0.2, 0.25) is 0 Å². The predicted molar refractivity (Wildman–Crippen MR) is 83.1 cm³/mol. The van der Waals surface area contributed by atoms with E-state index in [2.05, 4.69) is 44.0 Å². The van der Waals surface area contributed by atoms with E-state index in [0.29, 0.717) is 0 Å². The van der Waals surface area contributed by atoms with Crippen LogP contribution in [0, 0.1) is 17.2 Å². The molecule has 0 amide bonds. The summed E-state index contributed by atoms with van der Waals surface area (Å²) in [5.74, 6) is 0.816. The lowest BCUT2D eigenvalue weighted by molar-refractivity contribution is 0.223. The highest BCUT2D eigenvalue weighted by molar-refractivity contribution is 5.03. The van der Waals surface area contributed by atoms with E-state index in [1.807, 2.05) is 6.92 Å². The van der Waals surface area contributed by atoms with Crippen molar-refractivity contribution in [2.75, 3.05) is 26.2 Å². The normalized spacial score (nSPS) is 14.6. The van der Waals surface area contributed by atoms with Crippen LogP contribution in [0.1, 0.15) is 60.3 Å². The van der Waals surface area contributed by atoms with Crippen molar-refractivity contribution in [3.8, 4) is 6.07 Å². The van der Waals surface area contributed by atoms with Gasteiger partial charge in [-0.2, -0.15) is 5.26 Å². The van der Waals surface area contributed by atoms with Crippen LogP contribution >= 0.6 is 0 Å². The number of hydrogen-bond donors (Lipinski definition) is 1. The molecule has 1 N–H and O–H groups in total. The molecule has 0 heterocycles. The molecule has 3 heteroatoms. The molecule has 0 aromatic heterocycles. The fourth-order valence-corrected chi connectivity index (χ4v) is 2.52. The number of hydrogen-bond acceptors (Lipinski definition) is 3. The molecule has 3 nitrogen and oxygen atoms in total. The maximum absolute atomic E-state index is 9.23. The van der Waals surface area contributed by atoms with Crippen LogP contribution in [0.2, 0.25) is 0 Å². The number of nitrogens with zero attached hydrogens (tertiary/aromatic N) is 2. The van der Waals surface area contributed by atoms with Gasteiger partial charge in [0.15, 0.2) is 0 Å². The molecule has 0 aromatic carbocycles. The highest BCUT2D eigenvalue weighted by Gasteiger charge is 2.22. The zero-order chi connectivity index (χ0) is 14.7. The lowest BCUT2D eigenvalue weighted by Crippen LogP contribution is -2.41. The van der Waals surface area contributed by atoms with E-state index >= 15 is 0 Å². The Morgan fingerprint density at radius 3 is 2.26 bits per heavy atom. The van der Waals surface area contributed by atoms with Crippen LogP contribution in [0.5, 0.6) is 0 Å². The molecule has 0 aliphatic rings. The average Bonchev–Trinajstić information content (AvgIpc) is 2.43. The standard InChI is InChI=1S/C16H33N3/c1-6-15(7-2)13-19(9-4)12-10-11-16(5,14-17)18-8-3/h15,18H,6-13H2,1-5H3. The lowest BCUT2D eigenvalue weighted by atomic mass is 9.97. The van der Waals surface area contributed by atoms with Gasteiger partial charge in [-0.1, -0.05) is 40.5 Å². The summed E-state index contributed by atoms with van der Waals surface area (Å²) in [6.45, 7) is 15.1. The smallest absolute Gasteiger partial charge is 0.103 e. The Balaban J connectivity index is 4.11. The minimum absolute atomic E-state index is 0.358. The fraction of sp³-hybridized carbons (Fsp3) is 0.938. The van der Waals surface area contributed by atoms with Gasteiger partial charge in [-0.05, 0) is 45.3 Å². The quantitative estimate of drug-likeness (QED) is 0.623. The zero-order valence-corrected chi connectivity index (χ0v) is 13.6. The van der Waals surface area contributed by atoms with Crippen LogP contribution in [-0.4, -0.2) is 36.6 Å². The minimum atomic E-state index is -0.358. The maximum Gasteiger partial charge on any atom is 0.103 e. The molecule has 1 atom stereocenters. The summed E-state index contributed by atoms with van der Waals surface area (Å²) in [6, 6.07) is 2.40. The van der Waals surface area contributed by atoms with Crippen LogP contribution < -0.4 is 5.32 Å². The molecule has 0 fully saturated rings. The molecule has 0 radical (unpaired) electrons. The average molecular weight is 267 g/mol. The van der Waals surface area contributed by atoms with Crippen LogP contribution in [0.15, 0.2) is 0 Å². The number of nitrogens with one attached hydrogen (secondary N) is 1. The molecule has 1 unspecified atom stereocenters. The summed E-state index contributed by atoms with van der Waals surface area (Å²) in [4.78, 5) is 2.53. The second kappa shape index (κ2) is 10.2. The van der Waals surface area contributed by atoms with E-state index in [0.717, 1.165) is 38.4 Å². The van der Waals surface area contributed by atoms with Crippen molar-refractivity contribution in [2.45, 2.75) is 65.8 Å². The maximum atomic E-state index is 9.23. The van der Waals surface area contributed by atoms with E-state index in [1.54, 1.807) is 0 Å². The van der Waals surface area contributed by atoms with Gasteiger partial charge < -0.3 is 4.90 Å². The predicted octanol–water partition coefficient (Wildman–Crippen LogP) is 3.42. The summed E-state index contributed by atoms with van der Waals surface area (Å²) >= 11 is 0. The van der Waals surface area contributed by atoms with Crippen molar-refractivity contribution in [1.29, 1.82) is 5.26 Å². The van der Waals surface area contributed by atoms with Crippen molar-refractivity contribution >= 4 is 0 Å². The van der Waals surface area contributed by atoms with Gasteiger partial charge in [0.25, 0.3) is 0 Å². The highest BCUT2D eigenvalue weighted by Crippen LogP contribution is 2.14. The van der Waals surface area contributed by atoms with Gasteiger partial charge in [0.1, 0.15) is 5.54 Å². The van der Waals surface area contributed by atoms with Crippen LogP contribution in [0.3, 0.4) is 0 Å². The van der Waals surface area contributed by atoms with E-state index in [-0.39, 0.29) is 5.54 Å². The molecule has 0 aliphatic carbocycles. The van der Waals surface area contributed by atoms with Crippen LogP contribution in [0.4, 0.5) is 0 Å². The van der Waals surface area contributed by atoms with Gasteiger partial charge in [-0.15, -0.1) is 0 Å². The molecule has 19 heavy (non-hydrogen) atoms. The summed E-state index contributed by atoms with van der Waals surface area (Å²) in [6.07, 6.45) is 4.54. The molecule has 0 saturated heterocycles. The summed E-state index contributed by atoms with van der Waals surface area (Å²) in [5, 5.41) is 12.5.